The summed E-state index contributed by atoms with van der Waals surface area (Å²) in [5, 5.41) is 0. The van der Waals surface area contributed by atoms with E-state index in [2.05, 4.69) is 6.58 Å². The molecule has 2 heteroatoms. The first-order valence-electron chi connectivity index (χ1n) is 4.45. The zero-order chi connectivity index (χ0) is 10.3. The second-order valence-corrected chi connectivity index (χ2v) is 3.89. The fourth-order valence-corrected chi connectivity index (χ4v) is 0.569. The first-order valence-corrected chi connectivity index (χ1v) is 4.45. The first kappa shape index (κ1) is 11.9. The molecule has 0 N–H and O–H groups in total. The summed E-state index contributed by atoms with van der Waals surface area (Å²) < 4.78 is 4.90. The van der Waals surface area contributed by atoms with Gasteiger partial charge in [0.05, 0.1) is 11.7 Å². The van der Waals surface area contributed by atoms with Gasteiger partial charge in [-0.2, -0.15) is 0 Å². The quantitative estimate of drug-likeness (QED) is 0.289. The number of unbranched alkanes of at least 4 members (excludes halogenated alkanes) is 1. The van der Waals surface area contributed by atoms with Crippen molar-refractivity contribution in [2.24, 2.45) is 5.41 Å². The highest BCUT2D eigenvalue weighted by Gasteiger charge is 2.21. The van der Waals surface area contributed by atoms with Crippen molar-refractivity contribution in [1.29, 1.82) is 0 Å². The van der Waals surface area contributed by atoms with Gasteiger partial charge in [0, 0.05) is 0 Å². The van der Waals surface area contributed by atoms with Crippen molar-refractivity contribution in [3.05, 3.63) is 25.0 Å². The van der Waals surface area contributed by atoms with E-state index in [1.165, 1.54) is 6.26 Å². The molecule has 13 heavy (non-hydrogen) atoms. The van der Waals surface area contributed by atoms with Gasteiger partial charge in [0.15, 0.2) is 0 Å². The van der Waals surface area contributed by atoms with Crippen molar-refractivity contribution in [1.82, 2.24) is 0 Å². The zero-order valence-electron chi connectivity index (χ0n) is 8.67. The number of ether oxygens (including phenoxy) is 1. The van der Waals surface area contributed by atoms with Crippen molar-refractivity contribution in [2.75, 3.05) is 0 Å². The van der Waals surface area contributed by atoms with Crippen LogP contribution in [-0.2, 0) is 9.53 Å². The number of rotatable bonds is 4. The highest BCUT2D eigenvalue weighted by Crippen LogP contribution is 2.15. The third-order valence-corrected chi connectivity index (χ3v) is 1.42. The van der Waals surface area contributed by atoms with Gasteiger partial charge in [0.1, 0.15) is 0 Å². The number of carbonyl (C=O) groups excluding carboxylic acids is 1. The van der Waals surface area contributed by atoms with E-state index in [0.29, 0.717) is 0 Å². The topological polar surface area (TPSA) is 26.3 Å². The van der Waals surface area contributed by atoms with Gasteiger partial charge >= 0.3 is 5.97 Å². The molecule has 0 atom stereocenters. The minimum atomic E-state index is -0.428. The van der Waals surface area contributed by atoms with Gasteiger partial charge in [-0.1, -0.05) is 6.08 Å². The van der Waals surface area contributed by atoms with Crippen LogP contribution in [0.4, 0.5) is 0 Å². The molecule has 0 rings (SSSR count). The number of allylic oxidation sites excluding steroid dienone is 2. The molecule has 0 saturated carbocycles. The molecule has 0 saturated heterocycles. The van der Waals surface area contributed by atoms with E-state index in [1.54, 1.807) is 0 Å². The molecule has 0 aliphatic heterocycles. The molecule has 0 bridgehead atoms. The Morgan fingerprint density at radius 3 is 2.46 bits per heavy atom. The summed E-state index contributed by atoms with van der Waals surface area (Å²) >= 11 is 0. The van der Waals surface area contributed by atoms with Crippen LogP contribution in [0.3, 0.4) is 0 Å². The lowest BCUT2D eigenvalue weighted by Crippen LogP contribution is -2.20. The molecular formula is C11H18O2. The van der Waals surface area contributed by atoms with E-state index < -0.39 is 5.41 Å². The molecule has 2 nitrogen and oxygen atoms in total. The fraction of sp³-hybridized carbons (Fsp3) is 0.545. The van der Waals surface area contributed by atoms with Crippen LogP contribution < -0.4 is 0 Å². The average molecular weight is 182 g/mol. The van der Waals surface area contributed by atoms with E-state index in [9.17, 15) is 4.79 Å². The molecule has 0 aliphatic rings. The Morgan fingerprint density at radius 2 is 2.00 bits per heavy atom. The van der Waals surface area contributed by atoms with Gasteiger partial charge in [0.2, 0.25) is 0 Å². The summed E-state index contributed by atoms with van der Waals surface area (Å²) in [5.41, 5.74) is -0.428. The minimum Gasteiger partial charge on any atom is -0.434 e. The summed E-state index contributed by atoms with van der Waals surface area (Å²) in [6, 6.07) is 0. The maximum atomic E-state index is 11.2. The lowest BCUT2D eigenvalue weighted by atomic mass is 9.98. The Kier molecular flexibility index (Phi) is 5.12. The Labute approximate surface area is 80.3 Å². The lowest BCUT2D eigenvalue weighted by molar-refractivity contribution is -0.146. The molecule has 0 unspecified atom stereocenters. The molecule has 0 fully saturated rings. The summed E-state index contributed by atoms with van der Waals surface area (Å²) in [5.74, 6) is -0.206. The minimum absolute atomic E-state index is 0.206. The molecule has 74 valence electrons. The van der Waals surface area contributed by atoms with Crippen molar-refractivity contribution < 1.29 is 9.53 Å². The Bertz CT molecular complexity index is 197. The van der Waals surface area contributed by atoms with Gasteiger partial charge in [-0.3, -0.25) is 4.79 Å². The monoisotopic (exact) mass is 182 g/mol. The van der Waals surface area contributed by atoms with Crippen molar-refractivity contribution in [3.63, 3.8) is 0 Å². The summed E-state index contributed by atoms with van der Waals surface area (Å²) in [7, 11) is 0. The molecule has 0 spiro atoms. The van der Waals surface area contributed by atoms with Gasteiger partial charge in [-0.05, 0) is 39.7 Å². The predicted molar refractivity (Wildman–Crippen MR) is 54.1 cm³/mol. The second kappa shape index (κ2) is 5.57. The van der Waals surface area contributed by atoms with E-state index >= 15 is 0 Å². The molecule has 0 aromatic carbocycles. The van der Waals surface area contributed by atoms with Crippen LogP contribution in [0.1, 0.15) is 33.6 Å². The van der Waals surface area contributed by atoms with Gasteiger partial charge in [-0.25, -0.2) is 0 Å². The molecule has 0 aromatic rings. The van der Waals surface area contributed by atoms with Crippen molar-refractivity contribution in [2.45, 2.75) is 33.6 Å². The highest BCUT2D eigenvalue weighted by molar-refractivity contribution is 5.75. The average Bonchev–Trinajstić information content (AvgIpc) is 2.02. The van der Waals surface area contributed by atoms with Gasteiger partial charge in [-0.15, -0.1) is 6.58 Å². The van der Waals surface area contributed by atoms with Gasteiger partial charge < -0.3 is 4.74 Å². The van der Waals surface area contributed by atoms with Crippen molar-refractivity contribution in [3.8, 4) is 0 Å². The number of esters is 1. The first-order chi connectivity index (χ1) is 5.98. The Hall–Kier alpha value is -1.05. The Balaban J connectivity index is 3.70. The molecule has 0 aliphatic carbocycles. The van der Waals surface area contributed by atoms with Crippen LogP contribution in [0.25, 0.3) is 0 Å². The third kappa shape index (κ3) is 6.14. The van der Waals surface area contributed by atoms with Crippen LogP contribution in [0.15, 0.2) is 25.0 Å². The van der Waals surface area contributed by atoms with Gasteiger partial charge in [0.25, 0.3) is 0 Å². The van der Waals surface area contributed by atoms with E-state index in [1.807, 2.05) is 32.9 Å². The second-order valence-electron chi connectivity index (χ2n) is 3.89. The zero-order valence-corrected chi connectivity index (χ0v) is 8.67. The van der Waals surface area contributed by atoms with E-state index in [-0.39, 0.29) is 5.97 Å². The third-order valence-electron chi connectivity index (χ3n) is 1.42. The maximum absolute atomic E-state index is 11.2. The summed E-state index contributed by atoms with van der Waals surface area (Å²) in [4.78, 5) is 11.2. The fourth-order valence-electron chi connectivity index (χ4n) is 0.569. The standard InChI is InChI=1S/C11H18O2/c1-5-6-7-8-9-13-10(12)11(2,3)4/h5,8-9H,1,6-7H2,2-4H3. The molecular weight excluding hydrogens is 164 g/mol. The number of hydrogen-bond donors (Lipinski definition) is 0. The van der Waals surface area contributed by atoms with Crippen LogP contribution >= 0.6 is 0 Å². The SMILES string of the molecule is C=CCCC=COC(=O)C(C)(C)C. The van der Waals surface area contributed by atoms with Crippen LogP contribution in [0.2, 0.25) is 0 Å². The lowest BCUT2D eigenvalue weighted by Gasteiger charge is -2.13. The van der Waals surface area contributed by atoms with Crippen LogP contribution in [-0.4, -0.2) is 5.97 Å². The largest absolute Gasteiger partial charge is 0.434 e. The molecule has 0 aromatic heterocycles. The Morgan fingerprint density at radius 1 is 1.38 bits per heavy atom. The molecule has 0 radical (unpaired) electrons. The number of hydrogen-bond acceptors (Lipinski definition) is 2. The van der Waals surface area contributed by atoms with E-state index in [4.69, 9.17) is 4.74 Å². The maximum Gasteiger partial charge on any atom is 0.316 e. The number of carbonyl (C=O) groups is 1. The smallest absolute Gasteiger partial charge is 0.316 e. The van der Waals surface area contributed by atoms with Crippen molar-refractivity contribution >= 4 is 5.97 Å². The predicted octanol–water partition coefficient (Wildman–Crippen LogP) is 3.06. The van der Waals surface area contributed by atoms with E-state index in [0.717, 1.165) is 12.8 Å². The summed E-state index contributed by atoms with van der Waals surface area (Å²) in [6.07, 6.45) is 6.88. The molecule has 0 heterocycles. The van der Waals surface area contributed by atoms with Crippen LogP contribution in [0.5, 0.6) is 0 Å². The molecule has 0 amide bonds. The van der Waals surface area contributed by atoms with Crippen LogP contribution in [0, 0.1) is 5.41 Å². The normalized spacial score (nSPS) is 11.6. The summed E-state index contributed by atoms with van der Waals surface area (Å²) in [6.45, 7) is 9.07. The highest BCUT2D eigenvalue weighted by atomic mass is 16.5.